The maximum atomic E-state index is 12.3. The molecule has 3 rings (SSSR count). The van der Waals surface area contributed by atoms with Crippen LogP contribution in [0, 0.1) is 27.7 Å². The van der Waals surface area contributed by atoms with E-state index in [-0.39, 0.29) is 18.5 Å². The van der Waals surface area contributed by atoms with Gasteiger partial charge in [0.15, 0.2) is 0 Å². The van der Waals surface area contributed by atoms with Crippen molar-refractivity contribution in [3.05, 3.63) is 34.6 Å². The number of ether oxygens (including phenoxy) is 1. The predicted octanol–water partition coefficient (Wildman–Crippen LogP) is 2.45. The van der Waals surface area contributed by atoms with Gasteiger partial charge in [-0.05, 0) is 40.5 Å². The molecule has 0 radical (unpaired) electrons. The summed E-state index contributed by atoms with van der Waals surface area (Å²) in [6.45, 7) is 9.06. The van der Waals surface area contributed by atoms with Crippen molar-refractivity contribution in [1.29, 1.82) is 0 Å². The maximum Gasteiger partial charge on any atom is 0.310 e. The third kappa shape index (κ3) is 4.15. The Bertz CT molecular complexity index is 732. The van der Waals surface area contributed by atoms with Gasteiger partial charge in [0.05, 0.1) is 18.7 Å². The van der Waals surface area contributed by atoms with Crippen molar-refractivity contribution in [3.8, 4) is 0 Å². The number of hydrogen-bond donors (Lipinski definition) is 0. The largest absolute Gasteiger partial charge is 0.460 e. The summed E-state index contributed by atoms with van der Waals surface area (Å²) in [7, 11) is 0. The van der Waals surface area contributed by atoms with Crippen LogP contribution >= 0.6 is 0 Å². The van der Waals surface area contributed by atoms with Gasteiger partial charge in [-0.25, -0.2) is 9.97 Å². The molecule has 2 aromatic rings. The number of nitrogens with zero attached hydrogens (tertiary/aromatic N) is 4. The second-order valence-corrected chi connectivity index (χ2v) is 6.59. The van der Waals surface area contributed by atoms with E-state index in [1.807, 2.05) is 33.8 Å². The minimum atomic E-state index is -0.240. The Hall–Kier alpha value is -2.44. The van der Waals surface area contributed by atoms with E-state index in [1.54, 1.807) is 0 Å². The smallest absolute Gasteiger partial charge is 0.310 e. The van der Waals surface area contributed by atoms with E-state index in [9.17, 15) is 4.79 Å². The number of esters is 1. The predicted molar refractivity (Wildman–Crippen MR) is 92.5 cm³/mol. The molecule has 25 heavy (non-hydrogen) atoms. The fraction of sp³-hybridized carbons (Fsp3) is 0.556. The Morgan fingerprint density at radius 1 is 1.32 bits per heavy atom. The molecule has 0 aromatic carbocycles. The van der Waals surface area contributed by atoms with Crippen molar-refractivity contribution in [3.63, 3.8) is 0 Å². The third-order valence-electron chi connectivity index (χ3n) is 4.46. The van der Waals surface area contributed by atoms with Crippen LogP contribution in [-0.2, 0) is 16.0 Å². The van der Waals surface area contributed by atoms with E-state index >= 15 is 0 Å². The van der Waals surface area contributed by atoms with Gasteiger partial charge in [0.25, 0.3) is 0 Å². The standard InChI is InChI=1S/C18H24N4O3/c1-11-8-17(20-14(4)19-11)22-7-5-6-15(10-22)24-18(23)9-16-12(2)21-25-13(16)3/h8,15H,5-7,9-10H2,1-4H3. The van der Waals surface area contributed by atoms with Gasteiger partial charge in [-0.1, -0.05) is 5.16 Å². The number of rotatable bonds is 4. The van der Waals surface area contributed by atoms with E-state index in [1.165, 1.54) is 0 Å². The second kappa shape index (κ2) is 7.21. The summed E-state index contributed by atoms with van der Waals surface area (Å²) in [5.74, 6) is 2.09. The topological polar surface area (TPSA) is 81.4 Å². The lowest BCUT2D eigenvalue weighted by atomic mass is 10.1. The minimum Gasteiger partial charge on any atom is -0.460 e. The number of anilines is 1. The molecule has 0 spiro atoms. The van der Waals surface area contributed by atoms with Crippen molar-refractivity contribution in [2.45, 2.75) is 53.1 Å². The average Bonchev–Trinajstić information content (AvgIpc) is 2.86. The van der Waals surface area contributed by atoms with E-state index in [2.05, 4.69) is 20.0 Å². The van der Waals surface area contributed by atoms with Gasteiger partial charge in [-0.3, -0.25) is 4.79 Å². The molecule has 7 nitrogen and oxygen atoms in total. The van der Waals surface area contributed by atoms with Crippen LogP contribution in [0.15, 0.2) is 10.6 Å². The van der Waals surface area contributed by atoms with Gasteiger partial charge < -0.3 is 14.2 Å². The fourth-order valence-corrected chi connectivity index (χ4v) is 3.23. The van der Waals surface area contributed by atoms with Crippen LogP contribution in [0.2, 0.25) is 0 Å². The quantitative estimate of drug-likeness (QED) is 0.788. The summed E-state index contributed by atoms with van der Waals surface area (Å²) in [5, 5.41) is 3.88. The lowest BCUT2D eigenvalue weighted by Crippen LogP contribution is -2.41. The van der Waals surface area contributed by atoms with Crippen LogP contribution in [0.25, 0.3) is 0 Å². The molecule has 1 aliphatic heterocycles. The highest BCUT2D eigenvalue weighted by atomic mass is 16.5. The number of aromatic nitrogens is 3. The monoisotopic (exact) mass is 344 g/mol. The van der Waals surface area contributed by atoms with Gasteiger partial charge in [0.2, 0.25) is 0 Å². The summed E-state index contributed by atoms with van der Waals surface area (Å²) in [5.41, 5.74) is 2.51. The summed E-state index contributed by atoms with van der Waals surface area (Å²) < 4.78 is 10.8. The molecule has 0 aliphatic carbocycles. The number of aryl methyl sites for hydroxylation is 4. The number of hydrogen-bond acceptors (Lipinski definition) is 7. The first-order valence-electron chi connectivity index (χ1n) is 8.61. The molecular formula is C18H24N4O3. The molecule has 0 saturated carbocycles. The molecule has 1 aliphatic rings. The summed E-state index contributed by atoms with van der Waals surface area (Å²) in [6, 6.07) is 1.97. The fourth-order valence-electron chi connectivity index (χ4n) is 3.23. The summed E-state index contributed by atoms with van der Waals surface area (Å²) in [4.78, 5) is 23.3. The normalized spacial score (nSPS) is 17.6. The number of carbonyl (C=O) groups excluding carboxylic acids is 1. The molecule has 7 heteroatoms. The zero-order chi connectivity index (χ0) is 18.0. The second-order valence-electron chi connectivity index (χ2n) is 6.59. The Morgan fingerprint density at radius 3 is 2.80 bits per heavy atom. The van der Waals surface area contributed by atoms with Crippen molar-refractivity contribution < 1.29 is 14.1 Å². The first kappa shape index (κ1) is 17.4. The molecule has 1 unspecified atom stereocenters. The highest BCUT2D eigenvalue weighted by Gasteiger charge is 2.25. The van der Waals surface area contributed by atoms with Gasteiger partial charge in [-0.2, -0.15) is 0 Å². The minimum absolute atomic E-state index is 0.128. The van der Waals surface area contributed by atoms with Gasteiger partial charge >= 0.3 is 5.97 Å². The number of carbonyl (C=O) groups is 1. The van der Waals surface area contributed by atoms with Crippen LogP contribution in [0.5, 0.6) is 0 Å². The lowest BCUT2D eigenvalue weighted by molar-refractivity contribution is -0.148. The van der Waals surface area contributed by atoms with Gasteiger partial charge in [-0.15, -0.1) is 0 Å². The van der Waals surface area contributed by atoms with Crippen LogP contribution in [-0.4, -0.2) is 40.3 Å². The SMILES string of the molecule is Cc1cc(N2CCCC(OC(=O)Cc3c(C)noc3C)C2)nc(C)n1. The van der Waals surface area contributed by atoms with E-state index in [0.717, 1.165) is 48.0 Å². The molecular weight excluding hydrogens is 320 g/mol. The Balaban J connectivity index is 1.62. The van der Waals surface area contributed by atoms with Crippen LogP contribution in [0.3, 0.4) is 0 Å². The van der Waals surface area contributed by atoms with Crippen molar-refractivity contribution in [1.82, 2.24) is 15.1 Å². The van der Waals surface area contributed by atoms with Crippen LogP contribution in [0.1, 0.15) is 41.4 Å². The molecule has 1 saturated heterocycles. The molecule has 0 amide bonds. The average molecular weight is 344 g/mol. The first-order valence-corrected chi connectivity index (χ1v) is 8.61. The van der Waals surface area contributed by atoms with Gasteiger partial charge in [0, 0.05) is 23.9 Å². The zero-order valence-electron chi connectivity index (χ0n) is 15.2. The van der Waals surface area contributed by atoms with Crippen molar-refractivity contribution >= 4 is 11.8 Å². The Labute approximate surface area is 147 Å². The first-order chi connectivity index (χ1) is 11.9. The molecule has 1 fully saturated rings. The van der Waals surface area contributed by atoms with E-state index < -0.39 is 0 Å². The number of piperidine rings is 1. The van der Waals surface area contributed by atoms with Crippen LogP contribution < -0.4 is 4.90 Å². The van der Waals surface area contributed by atoms with Crippen molar-refractivity contribution in [2.75, 3.05) is 18.0 Å². The lowest BCUT2D eigenvalue weighted by Gasteiger charge is -2.33. The molecule has 0 N–H and O–H groups in total. The van der Waals surface area contributed by atoms with Crippen LogP contribution in [0.4, 0.5) is 5.82 Å². The molecule has 2 aromatic heterocycles. The Kier molecular flexibility index (Phi) is 5.01. The molecule has 134 valence electrons. The van der Waals surface area contributed by atoms with Crippen molar-refractivity contribution in [2.24, 2.45) is 0 Å². The summed E-state index contributed by atoms with van der Waals surface area (Å²) in [6.07, 6.45) is 1.90. The summed E-state index contributed by atoms with van der Waals surface area (Å²) >= 11 is 0. The zero-order valence-corrected chi connectivity index (χ0v) is 15.2. The Morgan fingerprint density at radius 2 is 2.12 bits per heavy atom. The third-order valence-corrected chi connectivity index (χ3v) is 4.46. The van der Waals surface area contributed by atoms with E-state index in [4.69, 9.17) is 9.26 Å². The molecule has 3 heterocycles. The maximum absolute atomic E-state index is 12.3. The molecule has 1 atom stereocenters. The van der Waals surface area contributed by atoms with Gasteiger partial charge in [0.1, 0.15) is 23.5 Å². The van der Waals surface area contributed by atoms with E-state index in [0.29, 0.717) is 12.3 Å². The molecule has 0 bridgehead atoms. The highest BCUT2D eigenvalue weighted by Crippen LogP contribution is 2.21. The highest BCUT2D eigenvalue weighted by molar-refractivity contribution is 5.73.